The molecule has 1 aromatic rings. The summed E-state index contributed by atoms with van der Waals surface area (Å²) in [5, 5.41) is 0. The van der Waals surface area contributed by atoms with Gasteiger partial charge in [-0.2, -0.15) is 0 Å². The van der Waals surface area contributed by atoms with Gasteiger partial charge in [-0.25, -0.2) is 0 Å². The Kier molecular flexibility index (Phi) is 3.43. The van der Waals surface area contributed by atoms with E-state index in [4.69, 9.17) is 0 Å². The quantitative estimate of drug-likeness (QED) is 0.739. The molecule has 2 heteroatoms. The summed E-state index contributed by atoms with van der Waals surface area (Å²) < 4.78 is 0.954. The summed E-state index contributed by atoms with van der Waals surface area (Å²) in [6, 6.07) is 7.69. The molecule has 0 fully saturated rings. The van der Waals surface area contributed by atoms with Crippen LogP contribution in [-0.4, -0.2) is 5.78 Å². The second kappa shape index (κ2) is 4.38. The molecule has 68 valence electrons. The van der Waals surface area contributed by atoms with Crippen LogP contribution in [0, 0.1) is 0 Å². The van der Waals surface area contributed by atoms with E-state index in [-0.39, 0.29) is 11.7 Å². The van der Waals surface area contributed by atoms with Gasteiger partial charge in [-0.15, -0.1) is 6.58 Å². The molecule has 0 radical (unpaired) electrons. The van der Waals surface area contributed by atoms with Crippen molar-refractivity contribution in [2.45, 2.75) is 12.8 Å². The van der Waals surface area contributed by atoms with Crippen LogP contribution in [0.5, 0.6) is 0 Å². The van der Waals surface area contributed by atoms with Gasteiger partial charge in [-0.05, 0) is 18.6 Å². The van der Waals surface area contributed by atoms with E-state index in [1.54, 1.807) is 13.0 Å². The highest BCUT2D eigenvalue weighted by Gasteiger charge is 2.14. The normalized spacial score (nSPS) is 12.2. The van der Waals surface area contributed by atoms with Crippen molar-refractivity contribution in [1.82, 2.24) is 0 Å². The number of carbonyl (C=O) groups is 1. The zero-order valence-corrected chi connectivity index (χ0v) is 9.04. The molecule has 0 saturated heterocycles. The summed E-state index contributed by atoms with van der Waals surface area (Å²) in [6.45, 7) is 5.23. The van der Waals surface area contributed by atoms with Crippen LogP contribution in [0.15, 0.2) is 41.4 Å². The molecule has 0 aliphatic rings. The highest BCUT2D eigenvalue weighted by molar-refractivity contribution is 9.10. The predicted molar refractivity (Wildman–Crippen MR) is 57.8 cm³/mol. The third kappa shape index (κ3) is 2.28. The van der Waals surface area contributed by atoms with Crippen molar-refractivity contribution in [2.24, 2.45) is 0 Å². The minimum Gasteiger partial charge on any atom is -0.299 e. The molecule has 1 atom stereocenters. The van der Waals surface area contributed by atoms with Crippen molar-refractivity contribution in [1.29, 1.82) is 0 Å². The number of carbonyl (C=O) groups excluding carboxylic acids is 1. The molecule has 0 aliphatic heterocycles. The molecule has 1 nitrogen and oxygen atoms in total. The van der Waals surface area contributed by atoms with Crippen LogP contribution in [0.2, 0.25) is 0 Å². The Morgan fingerprint density at radius 2 is 2.15 bits per heavy atom. The Hall–Kier alpha value is -0.890. The molecule has 1 rings (SSSR count). The number of Topliss-reactive ketones (excluding diaryl/α,β-unsaturated/α-hetero) is 1. The van der Waals surface area contributed by atoms with Gasteiger partial charge in [0, 0.05) is 4.47 Å². The van der Waals surface area contributed by atoms with Gasteiger partial charge in [0.1, 0.15) is 5.78 Å². The van der Waals surface area contributed by atoms with Crippen LogP contribution < -0.4 is 0 Å². The van der Waals surface area contributed by atoms with Crippen molar-refractivity contribution in [3.8, 4) is 0 Å². The van der Waals surface area contributed by atoms with Gasteiger partial charge in [0.2, 0.25) is 0 Å². The van der Waals surface area contributed by atoms with Gasteiger partial charge < -0.3 is 0 Å². The maximum atomic E-state index is 11.2. The first kappa shape index (κ1) is 10.2. The van der Waals surface area contributed by atoms with Crippen LogP contribution in [0.25, 0.3) is 0 Å². The third-order valence-electron chi connectivity index (χ3n) is 1.91. The highest BCUT2D eigenvalue weighted by Crippen LogP contribution is 2.25. The maximum Gasteiger partial charge on any atom is 0.141 e. The van der Waals surface area contributed by atoms with E-state index in [2.05, 4.69) is 22.5 Å². The Bertz CT molecular complexity index is 331. The van der Waals surface area contributed by atoms with Gasteiger partial charge in [0.25, 0.3) is 0 Å². The van der Waals surface area contributed by atoms with Crippen molar-refractivity contribution in [3.63, 3.8) is 0 Å². The van der Waals surface area contributed by atoms with Crippen molar-refractivity contribution < 1.29 is 4.79 Å². The van der Waals surface area contributed by atoms with Crippen LogP contribution in [0.3, 0.4) is 0 Å². The van der Waals surface area contributed by atoms with Crippen molar-refractivity contribution in [3.05, 3.63) is 47.0 Å². The van der Waals surface area contributed by atoms with E-state index in [0.717, 1.165) is 10.0 Å². The molecule has 0 aromatic heterocycles. The minimum atomic E-state index is -0.199. The molecule has 0 heterocycles. The zero-order valence-electron chi connectivity index (χ0n) is 7.46. The van der Waals surface area contributed by atoms with Crippen molar-refractivity contribution >= 4 is 21.7 Å². The number of halogens is 1. The Balaban J connectivity index is 3.12. The lowest BCUT2D eigenvalue weighted by atomic mass is 9.96. The fraction of sp³-hybridized carbons (Fsp3) is 0.182. The largest absolute Gasteiger partial charge is 0.299 e. The second-order valence-corrected chi connectivity index (χ2v) is 3.70. The fourth-order valence-electron chi connectivity index (χ4n) is 1.24. The minimum absolute atomic E-state index is 0.113. The standard InChI is InChI=1S/C11H11BrO/c1-3-9(8(2)13)10-6-4-5-7-11(10)12/h3-7,9H,1H2,2H3. The molecule has 0 N–H and O–H groups in total. The molecule has 0 saturated carbocycles. The molecule has 0 aliphatic carbocycles. The van der Waals surface area contributed by atoms with Crippen LogP contribution in [-0.2, 0) is 4.79 Å². The predicted octanol–water partition coefficient (Wildman–Crippen LogP) is 3.31. The van der Waals surface area contributed by atoms with E-state index < -0.39 is 0 Å². The highest BCUT2D eigenvalue weighted by atomic mass is 79.9. The van der Waals surface area contributed by atoms with E-state index in [9.17, 15) is 4.79 Å². The van der Waals surface area contributed by atoms with E-state index in [0.29, 0.717) is 0 Å². The summed E-state index contributed by atoms with van der Waals surface area (Å²) >= 11 is 3.41. The SMILES string of the molecule is C=CC(C(C)=O)c1ccccc1Br. The molecular formula is C11H11BrO. The number of hydrogen-bond donors (Lipinski definition) is 0. The average Bonchev–Trinajstić information content (AvgIpc) is 2.09. The molecule has 0 bridgehead atoms. The number of ketones is 1. The smallest absolute Gasteiger partial charge is 0.141 e. The first-order valence-electron chi connectivity index (χ1n) is 4.04. The lowest BCUT2D eigenvalue weighted by Crippen LogP contribution is -2.05. The Labute approximate surface area is 86.6 Å². The van der Waals surface area contributed by atoms with Gasteiger partial charge >= 0.3 is 0 Å². The number of benzene rings is 1. The zero-order chi connectivity index (χ0) is 9.84. The molecular weight excluding hydrogens is 228 g/mol. The summed E-state index contributed by atoms with van der Waals surface area (Å²) in [4.78, 5) is 11.2. The van der Waals surface area contributed by atoms with Crippen molar-refractivity contribution in [2.75, 3.05) is 0 Å². The second-order valence-electron chi connectivity index (χ2n) is 2.85. The topological polar surface area (TPSA) is 17.1 Å². The first-order chi connectivity index (χ1) is 6.16. The fourth-order valence-corrected chi connectivity index (χ4v) is 1.77. The monoisotopic (exact) mass is 238 g/mol. The molecule has 0 spiro atoms. The van der Waals surface area contributed by atoms with E-state index >= 15 is 0 Å². The lowest BCUT2D eigenvalue weighted by Gasteiger charge is -2.10. The van der Waals surface area contributed by atoms with Gasteiger partial charge in [-0.1, -0.05) is 40.2 Å². The average molecular weight is 239 g/mol. The van der Waals surface area contributed by atoms with Crippen LogP contribution >= 0.6 is 15.9 Å². The summed E-state index contributed by atoms with van der Waals surface area (Å²) in [5.41, 5.74) is 0.977. The van der Waals surface area contributed by atoms with Crippen LogP contribution in [0.4, 0.5) is 0 Å². The van der Waals surface area contributed by atoms with Gasteiger partial charge in [-0.3, -0.25) is 4.79 Å². The molecule has 0 amide bonds. The Morgan fingerprint density at radius 3 is 2.62 bits per heavy atom. The summed E-state index contributed by atoms with van der Waals surface area (Å²) in [7, 11) is 0. The summed E-state index contributed by atoms with van der Waals surface area (Å²) in [5.74, 6) is -0.0857. The van der Waals surface area contributed by atoms with E-state index in [1.165, 1.54) is 0 Å². The molecule has 13 heavy (non-hydrogen) atoms. The Morgan fingerprint density at radius 1 is 1.54 bits per heavy atom. The number of allylic oxidation sites excluding steroid dienone is 1. The van der Waals surface area contributed by atoms with Gasteiger partial charge in [0.05, 0.1) is 5.92 Å². The van der Waals surface area contributed by atoms with Gasteiger partial charge in [0.15, 0.2) is 0 Å². The van der Waals surface area contributed by atoms with Crippen LogP contribution in [0.1, 0.15) is 18.4 Å². The molecule has 1 unspecified atom stereocenters. The lowest BCUT2D eigenvalue weighted by molar-refractivity contribution is -0.117. The number of rotatable bonds is 3. The molecule has 1 aromatic carbocycles. The maximum absolute atomic E-state index is 11.2. The number of hydrogen-bond acceptors (Lipinski definition) is 1. The summed E-state index contributed by atoms with van der Waals surface area (Å²) in [6.07, 6.45) is 1.67. The first-order valence-corrected chi connectivity index (χ1v) is 4.83. The third-order valence-corrected chi connectivity index (χ3v) is 2.64. The van der Waals surface area contributed by atoms with E-state index in [1.807, 2.05) is 24.3 Å².